The maximum atomic E-state index is 13.9. The van der Waals surface area contributed by atoms with Crippen LogP contribution in [0.3, 0.4) is 0 Å². The summed E-state index contributed by atoms with van der Waals surface area (Å²) < 4.78 is 13.9. The van der Waals surface area contributed by atoms with Crippen LogP contribution in [0.1, 0.15) is 42.3 Å². The van der Waals surface area contributed by atoms with Gasteiger partial charge in [0.2, 0.25) is 0 Å². The van der Waals surface area contributed by atoms with E-state index in [1.54, 1.807) is 18.2 Å². The van der Waals surface area contributed by atoms with Crippen LogP contribution in [0.4, 0.5) is 4.39 Å². The van der Waals surface area contributed by atoms with E-state index < -0.39 is 5.97 Å². The molecule has 0 amide bonds. The minimum Gasteiger partial charge on any atom is -0.481 e. The highest BCUT2D eigenvalue weighted by molar-refractivity contribution is 7.10. The average molecular weight is 307 g/mol. The molecule has 2 N–H and O–H groups in total. The molecule has 2 aromatic rings. The first-order valence-corrected chi connectivity index (χ1v) is 7.75. The smallest absolute Gasteiger partial charge is 0.305 e. The van der Waals surface area contributed by atoms with Gasteiger partial charge in [0, 0.05) is 16.5 Å². The van der Waals surface area contributed by atoms with Gasteiger partial charge in [0.05, 0.1) is 12.5 Å². The molecule has 1 heterocycles. The van der Waals surface area contributed by atoms with E-state index >= 15 is 0 Å². The molecule has 0 spiro atoms. The first-order chi connectivity index (χ1) is 10.1. The second-order valence-corrected chi connectivity index (χ2v) is 5.79. The summed E-state index contributed by atoms with van der Waals surface area (Å²) in [5.74, 6) is -1.14. The van der Waals surface area contributed by atoms with Gasteiger partial charge in [-0.3, -0.25) is 4.79 Å². The zero-order valence-corrected chi connectivity index (χ0v) is 12.6. The van der Waals surface area contributed by atoms with Gasteiger partial charge in [0.15, 0.2) is 0 Å². The van der Waals surface area contributed by atoms with Crippen molar-refractivity contribution >= 4 is 17.3 Å². The number of aliphatic carboxylic acids is 1. The Hall–Kier alpha value is -1.72. The predicted molar refractivity (Wildman–Crippen MR) is 81.9 cm³/mol. The van der Waals surface area contributed by atoms with Gasteiger partial charge in [-0.25, -0.2) is 4.39 Å². The Balaban J connectivity index is 2.21. The second-order valence-electron chi connectivity index (χ2n) is 4.81. The molecular formula is C16H18FNO2S. The molecule has 5 heteroatoms. The maximum absolute atomic E-state index is 13.9. The Labute approximate surface area is 127 Å². The van der Waals surface area contributed by atoms with Crippen molar-refractivity contribution in [2.75, 3.05) is 0 Å². The molecule has 112 valence electrons. The van der Waals surface area contributed by atoms with Crippen LogP contribution in [0.2, 0.25) is 0 Å². The first kappa shape index (κ1) is 15.7. The fraction of sp³-hybridized carbons (Fsp3) is 0.312. The van der Waals surface area contributed by atoms with E-state index in [0.717, 1.165) is 4.88 Å². The van der Waals surface area contributed by atoms with E-state index in [1.807, 2.05) is 24.4 Å². The van der Waals surface area contributed by atoms with E-state index in [1.165, 1.54) is 17.4 Å². The normalized spacial score (nSPS) is 13.8. The molecule has 1 aromatic carbocycles. The van der Waals surface area contributed by atoms with Crippen molar-refractivity contribution in [1.82, 2.24) is 5.32 Å². The Kier molecular flexibility index (Phi) is 5.47. The summed E-state index contributed by atoms with van der Waals surface area (Å²) in [4.78, 5) is 12.0. The van der Waals surface area contributed by atoms with Crippen molar-refractivity contribution < 1.29 is 14.3 Å². The van der Waals surface area contributed by atoms with Crippen molar-refractivity contribution in [3.05, 3.63) is 58.0 Å². The molecule has 0 radical (unpaired) electrons. The minimum absolute atomic E-state index is 0.0224. The summed E-state index contributed by atoms with van der Waals surface area (Å²) in [6, 6.07) is 9.88. The Morgan fingerprint density at radius 3 is 2.62 bits per heavy atom. The fourth-order valence-electron chi connectivity index (χ4n) is 2.33. The average Bonchev–Trinajstić information content (AvgIpc) is 2.98. The summed E-state index contributed by atoms with van der Waals surface area (Å²) in [6.07, 6.45) is 0.661. The van der Waals surface area contributed by atoms with Crippen molar-refractivity contribution in [3.8, 4) is 0 Å². The van der Waals surface area contributed by atoms with Crippen LogP contribution in [0.25, 0.3) is 0 Å². The number of hydrogen-bond donors (Lipinski definition) is 2. The molecule has 2 rings (SSSR count). The zero-order valence-electron chi connectivity index (χ0n) is 11.8. The lowest BCUT2D eigenvalue weighted by atomic mass is 10.0. The molecule has 0 fully saturated rings. The highest BCUT2D eigenvalue weighted by Crippen LogP contribution is 2.28. The fourth-order valence-corrected chi connectivity index (χ4v) is 3.12. The molecule has 0 aliphatic rings. The third-order valence-corrected chi connectivity index (χ3v) is 4.34. The van der Waals surface area contributed by atoms with E-state index in [2.05, 4.69) is 5.32 Å². The zero-order chi connectivity index (χ0) is 15.2. The molecule has 0 saturated carbocycles. The van der Waals surface area contributed by atoms with Gasteiger partial charge >= 0.3 is 5.97 Å². The summed E-state index contributed by atoms with van der Waals surface area (Å²) in [5, 5.41) is 14.3. The topological polar surface area (TPSA) is 49.3 Å². The van der Waals surface area contributed by atoms with Crippen LogP contribution < -0.4 is 5.32 Å². The van der Waals surface area contributed by atoms with E-state index in [-0.39, 0.29) is 24.3 Å². The van der Waals surface area contributed by atoms with Gasteiger partial charge in [-0.05, 0) is 23.9 Å². The van der Waals surface area contributed by atoms with Gasteiger partial charge in [-0.1, -0.05) is 31.2 Å². The van der Waals surface area contributed by atoms with Crippen LogP contribution in [0, 0.1) is 5.82 Å². The van der Waals surface area contributed by atoms with E-state index in [4.69, 9.17) is 5.11 Å². The molecule has 2 atom stereocenters. The van der Waals surface area contributed by atoms with Crippen molar-refractivity contribution in [1.29, 1.82) is 0 Å². The number of carbonyl (C=O) groups is 1. The van der Waals surface area contributed by atoms with Crippen LogP contribution in [0.15, 0.2) is 41.8 Å². The Bertz CT molecular complexity index is 586. The van der Waals surface area contributed by atoms with Crippen LogP contribution >= 0.6 is 11.3 Å². The standard InChI is InChI=1S/C16H18FNO2S/c1-2-13(11-6-3-4-7-12(11)17)18-14(10-16(19)20)15-8-5-9-21-15/h3-9,13-14,18H,2,10H2,1H3,(H,19,20). The van der Waals surface area contributed by atoms with Crippen molar-refractivity contribution in [2.45, 2.75) is 31.8 Å². The second kappa shape index (κ2) is 7.33. The quantitative estimate of drug-likeness (QED) is 0.808. The van der Waals surface area contributed by atoms with Gasteiger partial charge < -0.3 is 10.4 Å². The third-order valence-electron chi connectivity index (χ3n) is 3.36. The minimum atomic E-state index is -0.871. The Morgan fingerprint density at radius 1 is 1.29 bits per heavy atom. The van der Waals surface area contributed by atoms with Gasteiger partial charge in [-0.15, -0.1) is 11.3 Å². The third kappa shape index (κ3) is 4.12. The number of carboxylic acids is 1. The highest BCUT2D eigenvalue weighted by atomic mass is 32.1. The summed E-state index contributed by atoms with van der Waals surface area (Å²) in [7, 11) is 0. The number of hydrogen-bond acceptors (Lipinski definition) is 3. The maximum Gasteiger partial charge on any atom is 0.305 e. The summed E-state index contributed by atoms with van der Waals surface area (Å²) in [6.45, 7) is 1.95. The van der Waals surface area contributed by atoms with Crippen LogP contribution in [-0.4, -0.2) is 11.1 Å². The summed E-state index contributed by atoms with van der Waals surface area (Å²) >= 11 is 1.51. The molecule has 0 bridgehead atoms. The van der Waals surface area contributed by atoms with Gasteiger partial charge in [-0.2, -0.15) is 0 Å². The lowest BCUT2D eigenvalue weighted by Gasteiger charge is -2.24. The van der Waals surface area contributed by atoms with Gasteiger partial charge in [0.1, 0.15) is 5.82 Å². The molecule has 1 aromatic heterocycles. The molecule has 2 unspecified atom stereocenters. The SMILES string of the molecule is CCC(NC(CC(=O)O)c1cccs1)c1ccccc1F. The van der Waals surface area contributed by atoms with E-state index in [9.17, 15) is 9.18 Å². The largest absolute Gasteiger partial charge is 0.481 e. The molecule has 3 nitrogen and oxygen atoms in total. The number of halogens is 1. The number of nitrogens with one attached hydrogen (secondary N) is 1. The van der Waals surface area contributed by atoms with Crippen LogP contribution in [-0.2, 0) is 4.79 Å². The highest BCUT2D eigenvalue weighted by Gasteiger charge is 2.22. The van der Waals surface area contributed by atoms with Gasteiger partial charge in [0.25, 0.3) is 0 Å². The number of carboxylic acid groups (broad SMARTS) is 1. The lowest BCUT2D eigenvalue weighted by molar-refractivity contribution is -0.137. The monoisotopic (exact) mass is 307 g/mol. The molecule has 0 saturated heterocycles. The Morgan fingerprint density at radius 2 is 2.05 bits per heavy atom. The lowest BCUT2D eigenvalue weighted by Crippen LogP contribution is -2.28. The van der Waals surface area contributed by atoms with Crippen molar-refractivity contribution in [2.24, 2.45) is 0 Å². The number of benzene rings is 1. The van der Waals surface area contributed by atoms with Crippen molar-refractivity contribution in [3.63, 3.8) is 0 Å². The number of rotatable bonds is 7. The predicted octanol–water partition coefficient (Wildman–Crippen LogP) is 4.14. The number of thiophene rings is 1. The molecule has 0 aliphatic carbocycles. The summed E-state index contributed by atoms with van der Waals surface area (Å²) in [5.41, 5.74) is 0.576. The first-order valence-electron chi connectivity index (χ1n) is 6.87. The molecule has 0 aliphatic heterocycles. The van der Waals surface area contributed by atoms with Crippen LogP contribution in [0.5, 0.6) is 0 Å². The molecular weight excluding hydrogens is 289 g/mol. The van der Waals surface area contributed by atoms with E-state index in [0.29, 0.717) is 12.0 Å². The molecule has 21 heavy (non-hydrogen) atoms.